The second-order valence-electron chi connectivity index (χ2n) is 7.59. The summed E-state index contributed by atoms with van der Waals surface area (Å²) in [6.45, 7) is 1.90. The van der Waals surface area contributed by atoms with Gasteiger partial charge in [0.25, 0.3) is 17.4 Å². The van der Waals surface area contributed by atoms with Crippen molar-refractivity contribution in [2.45, 2.75) is 13.0 Å². The van der Waals surface area contributed by atoms with Crippen LogP contribution in [0, 0.1) is 17.0 Å². The maximum Gasteiger partial charge on any atom is 0.300 e. The number of nitro groups is 1. The van der Waals surface area contributed by atoms with Crippen molar-refractivity contribution in [3.63, 3.8) is 0 Å². The van der Waals surface area contributed by atoms with Gasteiger partial charge in [0.05, 0.1) is 23.6 Å². The number of ketones is 1. The van der Waals surface area contributed by atoms with Crippen LogP contribution in [0.25, 0.3) is 5.76 Å². The molecule has 1 aliphatic heterocycles. The third-order valence-electron chi connectivity index (χ3n) is 5.52. The van der Waals surface area contributed by atoms with Crippen molar-refractivity contribution in [2.75, 3.05) is 12.0 Å². The predicted octanol–water partition coefficient (Wildman–Crippen LogP) is 4.54. The summed E-state index contributed by atoms with van der Waals surface area (Å²) in [5, 5.41) is 22.3. The first-order valence-corrected chi connectivity index (χ1v) is 10.1. The minimum Gasteiger partial charge on any atom is -0.507 e. The normalized spacial score (nSPS) is 17.3. The number of Topliss-reactive ketones (excluding diaryl/α,β-unsaturated/α-hetero) is 1. The van der Waals surface area contributed by atoms with Crippen LogP contribution in [0.2, 0.25) is 0 Å². The van der Waals surface area contributed by atoms with Gasteiger partial charge in [-0.3, -0.25) is 24.6 Å². The van der Waals surface area contributed by atoms with E-state index in [1.54, 1.807) is 36.4 Å². The molecule has 1 amide bonds. The zero-order valence-corrected chi connectivity index (χ0v) is 17.9. The number of methoxy groups -OCH3 is 1. The lowest BCUT2D eigenvalue weighted by molar-refractivity contribution is -0.384. The molecule has 0 saturated carbocycles. The van der Waals surface area contributed by atoms with E-state index in [4.69, 9.17) is 4.74 Å². The van der Waals surface area contributed by atoms with Crippen LogP contribution in [0.15, 0.2) is 78.4 Å². The molecule has 0 aliphatic carbocycles. The van der Waals surface area contributed by atoms with E-state index in [2.05, 4.69) is 0 Å². The number of nitrogens with zero attached hydrogens (tertiary/aromatic N) is 2. The van der Waals surface area contributed by atoms with Gasteiger partial charge in [0.1, 0.15) is 11.5 Å². The highest BCUT2D eigenvalue weighted by atomic mass is 16.6. The van der Waals surface area contributed by atoms with Crippen LogP contribution < -0.4 is 9.64 Å². The summed E-state index contributed by atoms with van der Waals surface area (Å²) >= 11 is 0. The molecule has 0 aromatic heterocycles. The average molecular weight is 444 g/mol. The van der Waals surface area contributed by atoms with Crippen LogP contribution in [-0.4, -0.2) is 28.8 Å². The highest BCUT2D eigenvalue weighted by Crippen LogP contribution is 2.42. The van der Waals surface area contributed by atoms with Gasteiger partial charge in [-0.1, -0.05) is 42.0 Å². The molecule has 166 valence electrons. The number of carbonyl (C=O) groups excluding carboxylic acids is 2. The van der Waals surface area contributed by atoms with Gasteiger partial charge in [0.15, 0.2) is 0 Å². The lowest BCUT2D eigenvalue weighted by Gasteiger charge is -2.25. The fourth-order valence-corrected chi connectivity index (χ4v) is 3.83. The molecule has 3 aromatic rings. The second-order valence-corrected chi connectivity index (χ2v) is 7.59. The number of hydrogen-bond donors (Lipinski definition) is 1. The summed E-state index contributed by atoms with van der Waals surface area (Å²) in [4.78, 5) is 38.2. The molecule has 1 atom stereocenters. The number of aliphatic hydroxyl groups is 1. The molecule has 4 rings (SSSR count). The predicted molar refractivity (Wildman–Crippen MR) is 122 cm³/mol. The first kappa shape index (κ1) is 21.8. The molecule has 1 saturated heterocycles. The van der Waals surface area contributed by atoms with E-state index in [0.717, 1.165) is 5.56 Å². The Hall–Kier alpha value is -4.46. The number of aliphatic hydroxyl groups excluding tert-OH is 1. The first-order chi connectivity index (χ1) is 15.8. The lowest BCUT2D eigenvalue weighted by Crippen LogP contribution is -2.29. The maximum absolute atomic E-state index is 13.1. The van der Waals surface area contributed by atoms with E-state index in [1.165, 1.54) is 36.3 Å². The molecule has 1 N–H and O–H groups in total. The van der Waals surface area contributed by atoms with E-state index < -0.39 is 28.4 Å². The molecule has 0 bridgehead atoms. The molecule has 1 heterocycles. The van der Waals surface area contributed by atoms with Crippen molar-refractivity contribution in [1.82, 2.24) is 0 Å². The van der Waals surface area contributed by atoms with Crippen molar-refractivity contribution in [3.8, 4) is 5.75 Å². The zero-order valence-electron chi connectivity index (χ0n) is 17.9. The summed E-state index contributed by atoms with van der Waals surface area (Å²) in [5.41, 5.74) is 1.72. The molecule has 1 aliphatic rings. The molecule has 0 spiro atoms. The van der Waals surface area contributed by atoms with E-state index in [9.17, 15) is 24.8 Å². The Morgan fingerprint density at radius 3 is 2.30 bits per heavy atom. The van der Waals surface area contributed by atoms with E-state index in [-0.39, 0.29) is 16.8 Å². The van der Waals surface area contributed by atoms with Gasteiger partial charge in [0.2, 0.25) is 0 Å². The Kier molecular flexibility index (Phi) is 5.66. The standard InChI is InChI=1S/C25H20N2O6/c1-15-6-10-18(11-7-15)26-22(16-8-12-20(33-2)13-9-16)21(24(29)25(26)30)23(28)17-4-3-5-19(14-17)27(31)32/h3-14,22,28H,1-2H3/b23-21-. The van der Waals surface area contributed by atoms with Crippen LogP contribution in [0.4, 0.5) is 11.4 Å². The fourth-order valence-electron chi connectivity index (χ4n) is 3.83. The summed E-state index contributed by atoms with van der Waals surface area (Å²) < 4.78 is 5.21. The molecule has 8 nitrogen and oxygen atoms in total. The van der Waals surface area contributed by atoms with Gasteiger partial charge < -0.3 is 9.84 Å². The molecular formula is C25H20N2O6. The van der Waals surface area contributed by atoms with Crippen molar-refractivity contribution in [2.24, 2.45) is 0 Å². The minimum atomic E-state index is -0.933. The Morgan fingerprint density at radius 2 is 1.70 bits per heavy atom. The molecule has 3 aromatic carbocycles. The van der Waals surface area contributed by atoms with Gasteiger partial charge in [-0.2, -0.15) is 0 Å². The van der Waals surface area contributed by atoms with Crippen LogP contribution in [-0.2, 0) is 9.59 Å². The molecule has 1 fully saturated rings. The van der Waals surface area contributed by atoms with Crippen molar-refractivity contribution < 1.29 is 24.4 Å². The number of benzene rings is 3. The van der Waals surface area contributed by atoms with Crippen LogP contribution >= 0.6 is 0 Å². The number of amides is 1. The van der Waals surface area contributed by atoms with Gasteiger partial charge in [-0.05, 0) is 36.8 Å². The first-order valence-electron chi connectivity index (χ1n) is 10.1. The van der Waals surface area contributed by atoms with Crippen LogP contribution in [0.1, 0.15) is 22.7 Å². The smallest absolute Gasteiger partial charge is 0.300 e. The maximum atomic E-state index is 13.1. The SMILES string of the molecule is COc1ccc(C2/C(=C(/O)c3cccc([N+](=O)[O-])c3)C(=O)C(=O)N2c2ccc(C)cc2)cc1. The molecule has 0 radical (unpaired) electrons. The number of aryl methyl sites for hydroxylation is 1. The number of nitro benzene ring substituents is 1. The summed E-state index contributed by atoms with van der Waals surface area (Å²) in [6, 6.07) is 18.3. The third-order valence-corrected chi connectivity index (χ3v) is 5.52. The Balaban J connectivity index is 1.93. The molecule has 1 unspecified atom stereocenters. The van der Waals surface area contributed by atoms with Crippen molar-refractivity contribution in [1.29, 1.82) is 0 Å². The van der Waals surface area contributed by atoms with Crippen molar-refractivity contribution >= 4 is 28.8 Å². The number of hydrogen-bond acceptors (Lipinski definition) is 6. The Labute approximate surface area is 189 Å². The van der Waals surface area contributed by atoms with E-state index >= 15 is 0 Å². The Morgan fingerprint density at radius 1 is 1.03 bits per heavy atom. The average Bonchev–Trinajstić information content (AvgIpc) is 3.09. The van der Waals surface area contributed by atoms with Crippen LogP contribution in [0.3, 0.4) is 0 Å². The van der Waals surface area contributed by atoms with Crippen molar-refractivity contribution in [3.05, 3.63) is 105 Å². The number of anilines is 1. The minimum absolute atomic E-state index is 0.0737. The third kappa shape index (κ3) is 3.94. The highest BCUT2D eigenvalue weighted by Gasteiger charge is 2.47. The fraction of sp³-hybridized carbons (Fsp3) is 0.120. The lowest BCUT2D eigenvalue weighted by atomic mass is 9.95. The van der Waals surface area contributed by atoms with Gasteiger partial charge in [-0.15, -0.1) is 0 Å². The highest BCUT2D eigenvalue weighted by molar-refractivity contribution is 6.51. The number of carbonyl (C=O) groups is 2. The van der Waals surface area contributed by atoms with E-state index in [0.29, 0.717) is 17.0 Å². The largest absolute Gasteiger partial charge is 0.507 e. The van der Waals surface area contributed by atoms with Gasteiger partial charge >= 0.3 is 0 Å². The molecular weight excluding hydrogens is 424 g/mol. The van der Waals surface area contributed by atoms with Crippen LogP contribution in [0.5, 0.6) is 5.75 Å². The molecule has 8 heteroatoms. The monoisotopic (exact) mass is 444 g/mol. The number of ether oxygens (including phenoxy) is 1. The Bertz CT molecular complexity index is 1280. The zero-order chi connectivity index (χ0) is 23.7. The topological polar surface area (TPSA) is 110 Å². The summed E-state index contributed by atoms with van der Waals surface area (Å²) in [7, 11) is 1.52. The number of non-ortho nitro benzene ring substituents is 1. The second kappa shape index (κ2) is 8.58. The summed E-state index contributed by atoms with van der Waals surface area (Å²) in [5.74, 6) is -1.57. The number of rotatable bonds is 5. The van der Waals surface area contributed by atoms with Gasteiger partial charge in [0, 0.05) is 23.4 Å². The summed E-state index contributed by atoms with van der Waals surface area (Å²) in [6.07, 6.45) is 0. The van der Waals surface area contributed by atoms with E-state index in [1.807, 2.05) is 19.1 Å². The quantitative estimate of drug-likeness (QED) is 0.203. The van der Waals surface area contributed by atoms with Gasteiger partial charge in [-0.25, -0.2) is 0 Å². The molecule has 33 heavy (non-hydrogen) atoms.